The first-order valence-electron chi connectivity index (χ1n) is 5.59. The summed E-state index contributed by atoms with van der Waals surface area (Å²) < 4.78 is 37.1. The van der Waals surface area contributed by atoms with Crippen molar-refractivity contribution in [1.82, 2.24) is 4.98 Å². The number of nitrogens with zero attached hydrogens (tertiary/aromatic N) is 1. The Labute approximate surface area is 102 Å². The Morgan fingerprint density at radius 1 is 1.39 bits per heavy atom. The molecule has 0 aliphatic heterocycles. The summed E-state index contributed by atoms with van der Waals surface area (Å²) >= 11 is 0. The fourth-order valence-corrected chi connectivity index (χ4v) is 2.34. The average molecular weight is 259 g/mol. The molecule has 0 aromatic carbocycles. The van der Waals surface area contributed by atoms with E-state index < -0.39 is 23.3 Å². The summed E-state index contributed by atoms with van der Waals surface area (Å²) in [7, 11) is 0. The van der Waals surface area contributed by atoms with Crippen LogP contribution in [-0.4, -0.2) is 16.1 Å². The van der Waals surface area contributed by atoms with Gasteiger partial charge in [0.05, 0.1) is 6.42 Å². The molecule has 1 saturated carbocycles. The van der Waals surface area contributed by atoms with Gasteiger partial charge in [-0.05, 0) is 24.5 Å². The summed E-state index contributed by atoms with van der Waals surface area (Å²) in [4.78, 5) is 14.2. The molecule has 2 rings (SSSR count). The number of alkyl halides is 3. The molecule has 1 N–H and O–H groups in total. The standard InChI is InChI=1S/C12H12F3NO2/c13-12(14,15)9-3-2-8(7-16-9)11(4-1-5-11)6-10(17)18/h2-3,7H,1,4-6H2,(H,17,18). The van der Waals surface area contributed by atoms with E-state index in [0.29, 0.717) is 18.4 Å². The number of aliphatic carboxylic acids is 1. The van der Waals surface area contributed by atoms with Gasteiger partial charge in [-0.15, -0.1) is 0 Å². The maximum atomic E-state index is 12.4. The largest absolute Gasteiger partial charge is 0.481 e. The molecule has 0 bridgehead atoms. The van der Waals surface area contributed by atoms with E-state index in [1.807, 2.05) is 0 Å². The van der Waals surface area contributed by atoms with E-state index in [9.17, 15) is 18.0 Å². The number of pyridine rings is 1. The van der Waals surface area contributed by atoms with Crippen molar-refractivity contribution >= 4 is 5.97 Å². The van der Waals surface area contributed by atoms with Crippen molar-refractivity contribution < 1.29 is 23.1 Å². The van der Waals surface area contributed by atoms with E-state index in [-0.39, 0.29) is 6.42 Å². The Kier molecular flexibility index (Phi) is 3.04. The van der Waals surface area contributed by atoms with E-state index in [1.54, 1.807) is 0 Å². The normalized spacial score (nSPS) is 18.2. The number of hydrogen-bond donors (Lipinski definition) is 1. The van der Waals surface area contributed by atoms with Gasteiger partial charge >= 0.3 is 12.1 Å². The second kappa shape index (κ2) is 4.26. The van der Waals surface area contributed by atoms with Crippen LogP contribution >= 0.6 is 0 Å². The molecule has 1 fully saturated rings. The van der Waals surface area contributed by atoms with E-state index in [4.69, 9.17) is 5.11 Å². The maximum Gasteiger partial charge on any atom is 0.433 e. The van der Waals surface area contributed by atoms with Crippen molar-refractivity contribution in [3.63, 3.8) is 0 Å². The van der Waals surface area contributed by atoms with Gasteiger partial charge in [0.1, 0.15) is 5.69 Å². The first-order chi connectivity index (χ1) is 8.33. The van der Waals surface area contributed by atoms with Crippen LogP contribution in [0.2, 0.25) is 0 Å². The van der Waals surface area contributed by atoms with E-state index >= 15 is 0 Å². The first-order valence-corrected chi connectivity index (χ1v) is 5.59. The molecule has 0 atom stereocenters. The van der Waals surface area contributed by atoms with Crippen LogP contribution < -0.4 is 0 Å². The number of carbonyl (C=O) groups is 1. The topological polar surface area (TPSA) is 50.2 Å². The molecule has 0 radical (unpaired) electrons. The van der Waals surface area contributed by atoms with Crippen LogP contribution in [0.1, 0.15) is 36.9 Å². The smallest absolute Gasteiger partial charge is 0.433 e. The zero-order valence-electron chi connectivity index (χ0n) is 9.50. The van der Waals surface area contributed by atoms with Gasteiger partial charge in [0.25, 0.3) is 0 Å². The molecular formula is C12H12F3NO2. The molecule has 98 valence electrons. The number of halogens is 3. The van der Waals surface area contributed by atoms with Crippen molar-refractivity contribution in [1.29, 1.82) is 0 Å². The Balaban J connectivity index is 2.25. The minimum Gasteiger partial charge on any atom is -0.481 e. The van der Waals surface area contributed by atoms with Gasteiger partial charge in [0.15, 0.2) is 0 Å². The molecule has 0 unspecified atom stereocenters. The highest BCUT2D eigenvalue weighted by atomic mass is 19.4. The molecule has 1 aromatic heterocycles. The molecule has 1 aliphatic carbocycles. The van der Waals surface area contributed by atoms with E-state index in [0.717, 1.165) is 18.7 Å². The third-order valence-corrected chi connectivity index (χ3v) is 3.47. The predicted octanol–water partition coefficient (Wildman–Crippen LogP) is 3.00. The van der Waals surface area contributed by atoms with Gasteiger partial charge in [-0.25, -0.2) is 0 Å². The summed E-state index contributed by atoms with van der Waals surface area (Å²) in [5.41, 5.74) is -0.886. The first kappa shape index (κ1) is 12.9. The Hall–Kier alpha value is -1.59. The third-order valence-electron chi connectivity index (χ3n) is 3.47. The van der Waals surface area contributed by atoms with E-state index in [2.05, 4.69) is 4.98 Å². The van der Waals surface area contributed by atoms with Gasteiger partial charge < -0.3 is 5.11 Å². The van der Waals surface area contributed by atoms with Crippen molar-refractivity contribution in [2.24, 2.45) is 0 Å². The minimum atomic E-state index is -4.46. The lowest BCUT2D eigenvalue weighted by molar-refractivity contribution is -0.142. The predicted molar refractivity (Wildman–Crippen MR) is 57.0 cm³/mol. The van der Waals surface area contributed by atoms with Crippen LogP contribution in [0.3, 0.4) is 0 Å². The lowest BCUT2D eigenvalue weighted by atomic mass is 9.63. The van der Waals surface area contributed by atoms with Crippen LogP contribution in [0.15, 0.2) is 18.3 Å². The quantitative estimate of drug-likeness (QED) is 0.907. The lowest BCUT2D eigenvalue weighted by Gasteiger charge is -2.41. The third kappa shape index (κ3) is 2.32. The summed E-state index contributed by atoms with van der Waals surface area (Å²) in [5, 5.41) is 8.86. The van der Waals surface area contributed by atoms with Gasteiger partial charge in [0, 0.05) is 11.6 Å². The van der Waals surface area contributed by atoms with Crippen LogP contribution in [0, 0.1) is 0 Å². The Morgan fingerprint density at radius 3 is 2.39 bits per heavy atom. The maximum absolute atomic E-state index is 12.4. The highest BCUT2D eigenvalue weighted by molar-refractivity contribution is 5.69. The van der Waals surface area contributed by atoms with Crippen LogP contribution in [-0.2, 0) is 16.4 Å². The van der Waals surface area contributed by atoms with E-state index in [1.165, 1.54) is 6.07 Å². The number of hydrogen-bond acceptors (Lipinski definition) is 2. The molecule has 18 heavy (non-hydrogen) atoms. The van der Waals surface area contributed by atoms with Crippen LogP contribution in [0.25, 0.3) is 0 Å². The summed E-state index contributed by atoms with van der Waals surface area (Å²) in [6.45, 7) is 0. The van der Waals surface area contributed by atoms with Crippen molar-refractivity contribution in [3.05, 3.63) is 29.6 Å². The van der Waals surface area contributed by atoms with Gasteiger partial charge in [-0.1, -0.05) is 12.5 Å². The fourth-order valence-electron chi connectivity index (χ4n) is 2.34. The summed E-state index contributed by atoms with van der Waals surface area (Å²) in [5.74, 6) is -0.936. The summed E-state index contributed by atoms with van der Waals surface area (Å²) in [6, 6.07) is 2.26. The molecule has 3 nitrogen and oxygen atoms in total. The molecule has 6 heteroatoms. The van der Waals surface area contributed by atoms with Crippen LogP contribution in [0.4, 0.5) is 13.2 Å². The fraction of sp³-hybridized carbons (Fsp3) is 0.500. The Bertz CT molecular complexity index is 449. The number of carboxylic acid groups (broad SMARTS) is 1. The van der Waals surface area contributed by atoms with Crippen molar-refractivity contribution in [2.75, 3.05) is 0 Å². The second-order valence-corrected chi connectivity index (χ2v) is 4.63. The van der Waals surface area contributed by atoms with Crippen LogP contribution in [0.5, 0.6) is 0 Å². The highest BCUT2D eigenvalue weighted by Gasteiger charge is 2.41. The van der Waals surface area contributed by atoms with Gasteiger partial charge in [-0.2, -0.15) is 13.2 Å². The monoisotopic (exact) mass is 259 g/mol. The average Bonchev–Trinajstić information content (AvgIpc) is 2.22. The van der Waals surface area contributed by atoms with Gasteiger partial charge in [-0.3, -0.25) is 9.78 Å². The molecule has 1 heterocycles. The molecule has 0 saturated heterocycles. The molecular weight excluding hydrogens is 247 g/mol. The molecule has 0 spiro atoms. The lowest BCUT2D eigenvalue weighted by Crippen LogP contribution is -2.36. The highest BCUT2D eigenvalue weighted by Crippen LogP contribution is 2.46. The minimum absolute atomic E-state index is 0.0555. The summed E-state index contributed by atoms with van der Waals surface area (Å²) in [6.07, 6.45) is -1.09. The number of carboxylic acids is 1. The zero-order valence-corrected chi connectivity index (χ0v) is 9.50. The SMILES string of the molecule is O=C(O)CC1(c2ccc(C(F)(F)F)nc2)CCC1. The second-order valence-electron chi connectivity index (χ2n) is 4.63. The number of aromatic nitrogens is 1. The molecule has 1 aromatic rings. The van der Waals surface area contributed by atoms with Crippen molar-refractivity contribution in [2.45, 2.75) is 37.3 Å². The molecule has 1 aliphatic rings. The molecule has 0 amide bonds. The number of rotatable bonds is 3. The Morgan fingerprint density at radius 2 is 2.06 bits per heavy atom. The zero-order chi connectivity index (χ0) is 13.4. The van der Waals surface area contributed by atoms with Crippen molar-refractivity contribution in [3.8, 4) is 0 Å². The van der Waals surface area contributed by atoms with Gasteiger partial charge in [0.2, 0.25) is 0 Å².